The van der Waals surface area contributed by atoms with E-state index in [1.807, 2.05) is 0 Å². The summed E-state index contributed by atoms with van der Waals surface area (Å²) in [6, 6.07) is 8.03. The summed E-state index contributed by atoms with van der Waals surface area (Å²) in [7, 11) is 0. The number of aliphatic hydroxyl groups excluding tert-OH is 1. The van der Waals surface area contributed by atoms with Crippen LogP contribution in [0, 0.1) is 6.92 Å². The number of para-hydroxylation sites is 1. The van der Waals surface area contributed by atoms with Crippen molar-refractivity contribution in [3.8, 4) is 5.75 Å². The molecule has 7 heteroatoms. The molecule has 0 saturated carbocycles. The van der Waals surface area contributed by atoms with Crippen molar-refractivity contribution in [2.24, 2.45) is 0 Å². The van der Waals surface area contributed by atoms with Crippen LogP contribution in [-0.4, -0.2) is 26.2 Å². The Hall–Kier alpha value is -3.19. The highest BCUT2D eigenvalue weighted by Crippen LogP contribution is 2.24. The van der Waals surface area contributed by atoms with Crippen LogP contribution in [-0.2, 0) is 18.0 Å². The molecule has 25 heavy (non-hydrogen) atoms. The van der Waals surface area contributed by atoms with Crippen LogP contribution in [0.4, 0.5) is 0 Å². The molecule has 7 nitrogen and oxygen atoms in total. The molecule has 0 amide bonds. The van der Waals surface area contributed by atoms with Crippen LogP contribution in [0.15, 0.2) is 41.3 Å². The van der Waals surface area contributed by atoms with Crippen molar-refractivity contribution in [3.63, 3.8) is 0 Å². The Balaban J connectivity index is 1.84. The lowest BCUT2D eigenvalue weighted by molar-refractivity contribution is 0.0462. The Morgan fingerprint density at radius 3 is 2.84 bits per heavy atom. The number of ether oxygens (including phenoxy) is 1. The third-order valence-corrected chi connectivity index (χ3v) is 3.90. The summed E-state index contributed by atoms with van der Waals surface area (Å²) in [5, 5.41) is 19.8. The predicted octanol–water partition coefficient (Wildman–Crippen LogP) is 1.79. The number of carbonyl (C=O) groups is 1. The van der Waals surface area contributed by atoms with Crippen LogP contribution in [0.3, 0.4) is 0 Å². The number of nitrogens with zero attached hydrogens (tertiary/aromatic N) is 1. The van der Waals surface area contributed by atoms with E-state index < -0.39 is 12.6 Å². The second kappa shape index (κ2) is 6.74. The molecule has 0 aliphatic carbocycles. The maximum absolute atomic E-state index is 12.2. The minimum Gasteiger partial charge on any atom is -0.506 e. The number of hydrogen-bond acceptors (Lipinski definition) is 6. The third-order valence-electron chi connectivity index (χ3n) is 3.90. The third kappa shape index (κ3) is 3.22. The normalized spacial score (nSPS) is 10.8. The summed E-state index contributed by atoms with van der Waals surface area (Å²) in [6.07, 6.45) is 1.43. The van der Waals surface area contributed by atoms with Crippen molar-refractivity contribution in [2.45, 2.75) is 20.1 Å². The van der Waals surface area contributed by atoms with Gasteiger partial charge >= 0.3 is 5.97 Å². The number of aryl methyl sites for hydroxylation is 1. The number of hydrogen-bond donors (Lipinski definition) is 3. The van der Waals surface area contributed by atoms with Gasteiger partial charge in [-0.3, -0.25) is 9.78 Å². The zero-order valence-electron chi connectivity index (χ0n) is 13.4. The largest absolute Gasteiger partial charge is 0.506 e. The zero-order chi connectivity index (χ0) is 18.0. The standard InChI is InChI=1S/C18H16N2O5/c1-10-17(23)13(8-21)11(7-19-10)9-25-18(24)15-6-16(22)12-4-2-3-5-14(12)20-15/h2-7,21,23H,8-9H2,1H3,(H,20,22). The van der Waals surface area contributed by atoms with Gasteiger partial charge in [0.05, 0.1) is 12.3 Å². The first-order valence-corrected chi connectivity index (χ1v) is 7.57. The van der Waals surface area contributed by atoms with Crippen LogP contribution in [0.5, 0.6) is 5.75 Å². The zero-order valence-corrected chi connectivity index (χ0v) is 13.4. The summed E-state index contributed by atoms with van der Waals surface area (Å²) in [5.41, 5.74) is 1.30. The summed E-state index contributed by atoms with van der Waals surface area (Å²) in [5.74, 6) is -0.845. The molecule has 3 N–H and O–H groups in total. The first-order chi connectivity index (χ1) is 12.0. The minimum absolute atomic E-state index is 0.0264. The van der Waals surface area contributed by atoms with E-state index in [0.717, 1.165) is 0 Å². The van der Waals surface area contributed by atoms with Crippen molar-refractivity contribution >= 4 is 16.9 Å². The summed E-state index contributed by atoms with van der Waals surface area (Å²) in [4.78, 5) is 31.1. The van der Waals surface area contributed by atoms with Gasteiger partial charge in [0.15, 0.2) is 5.43 Å². The molecule has 0 bridgehead atoms. The second-order valence-electron chi connectivity index (χ2n) is 5.52. The number of esters is 1. The minimum atomic E-state index is -0.716. The van der Waals surface area contributed by atoms with Gasteiger partial charge in [0.25, 0.3) is 0 Å². The van der Waals surface area contributed by atoms with Crippen LogP contribution >= 0.6 is 0 Å². The molecule has 0 atom stereocenters. The molecule has 0 spiro atoms. The molecule has 0 unspecified atom stereocenters. The molecule has 0 aliphatic rings. The number of aromatic hydroxyl groups is 1. The van der Waals surface area contributed by atoms with E-state index in [9.17, 15) is 19.8 Å². The first-order valence-electron chi connectivity index (χ1n) is 7.57. The van der Waals surface area contributed by atoms with E-state index in [0.29, 0.717) is 22.2 Å². The van der Waals surface area contributed by atoms with Crippen molar-refractivity contribution < 1.29 is 19.7 Å². The van der Waals surface area contributed by atoms with Crippen molar-refractivity contribution in [1.82, 2.24) is 9.97 Å². The van der Waals surface area contributed by atoms with Crippen molar-refractivity contribution in [1.29, 1.82) is 0 Å². The number of pyridine rings is 2. The monoisotopic (exact) mass is 340 g/mol. The molecule has 0 saturated heterocycles. The Kier molecular flexibility index (Phi) is 4.49. The number of fused-ring (bicyclic) bond motifs is 1. The SMILES string of the molecule is Cc1ncc(COC(=O)c2cc(=O)c3ccccc3[nH]2)c(CO)c1O. The van der Waals surface area contributed by atoms with Crippen molar-refractivity contribution in [3.05, 3.63) is 69.3 Å². The maximum atomic E-state index is 12.2. The Morgan fingerprint density at radius 1 is 1.32 bits per heavy atom. The smallest absolute Gasteiger partial charge is 0.355 e. The maximum Gasteiger partial charge on any atom is 0.355 e. The van der Waals surface area contributed by atoms with Gasteiger partial charge in [0.2, 0.25) is 0 Å². The lowest BCUT2D eigenvalue weighted by Crippen LogP contribution is -2.13. The highest BCUT2D eigenvalue weighted by molar-refractivity contribution is 5.90. The van der Waals surface area contributed by atoms with Gasteiger partial charge in [-0.15, -0.1) is 0 Å². The Labute approximate surface area is 142 Å². The van der Waals surface area contributed by atoms with E-state index in [-0.39, 0.29) is 29.0 Å². The fourth-order valence-corrected chi connectivity index (χ4v) is 2.51. The molecular formula is C18H16N2O5. The van der Waals surface area contributed by atoms with E-state index in [2.05, 4.69) is 9.97 Å². The first kappa shape index (κ1) is 16.7. The number of aromatic nitrogens is 2. The summed E-state index contributed by atoms with van der Waals surface area (Å²) in [6.45, 7) is 1.00. The van der Waals surface area contributed by atoms with Gasteiger partial charge in [0.1, 0.15) is 18.1 Å². The van der Waals surface area contributed by atoms with Gasteiger partial charge in [-0.1, -0.05) is 12.1 Å². The van der Waals surface area contributed by atoms with Gasteiger partial charge in [-0.25, -0.2) is 4.79 Å². The topological polar surface area (TPSA) is 113 Å². The van der Waals surface area contributed by atoms with E-state index >= 15 is 0 Å². The highest BCUT2D eigenvalue weighted by Gasteiger charge is 2.15. The molecule has 2 heterocycles. The van der Waals surface area contributed by atoms with Gasteiger partial charge < -0.3 is 19.9 Å². The molecule has 3 aromatic rings. The molecular weight excluding hydrogens is 324 g/mol. The average molecular weight is 340 g/mol. The van der Waals surface area contributed by atoms with Gasteiger partial charge in [-0.2, -0.15) is 0 Å². The van der Waals surface area contributed by atoms with Crippen molar-refractivity contribution in [2.75, 3.05) is 0 Å². The molecule has 2 aromatic heterocycles. The number of aromatic amines is 1. The molecule has 0 fully saturated rings. The molecule has 0 radical (unpaired) electrons. The molecule has 0 aliphatic heterocycles. The average Bonchev–Trinajstić information content (AvgIpc) is 2.62. The fourth-order valence-electron chi connectivity index (χ4n) is 2.51. The summed E-state index contributed by atoms with van der Waals surface area (Å²) >= 11 is 0. The van der Waals surface area contributed by atoms with E-state index in [1.165, 1.54) is 12.3 Å². The predicted molar refractivity (Wildman–Crippen MR) is 90.2 cm³/mol. The van der Waals surface area contributed by atoms with Crippen LogP contribution < -0.4 is 5.43 Å². The fraction of sp³-hybridized carbons (Fsp3) is 0.167. The molecule has 1 aromatic carbocycles. The quantitative estimate of drug-likeness (QED) is 0.624. The molecule has 3 rings (SSSR count). The van der Waals surface area contributed by atoms with Crippen LogP contribution in [0.2, 0.25) is 0 Å². The Morgan fingerprint density at radius 2 is 2.08 bits per heavy atom. The number of aliphatic hydroxyl groups is 1. The van der Waals surface area contributed by atoms with Crippen LogP contribution in [0.25, 0.3) is 10.9 Å². The lowest BCUT2D eigenvalue weighted by Gasteiger charge is -2.11. The second-order valence-corrected chi connectivity index (χ2v) is 5.52. The number of benzene rings is 1. The summed E-state index contributed by atoms with van der Waals surface area (Å²) < 4.78 is 5.18. The van der Waals surface area contributed by atoms with Crippen LogP contribution in [0.1, 0.15) is 27.3 Å². The Bertz CT molecular complexity index is 1010. The lowest BCUT2D eigenvalue weighted by atomic mass is 10.1. The van der Waals surface area contributed by atoms with Gasteiger partial charge in [-0.05, 0) is 19.1 Å². The number of H-pyrrole nitrogens is 1. The number of rotatable bonds is 4. The van der Waals surface area contributed by atoms with Gasteiger partial charge in [0, 0.05) is 34.3 Å². The van der Waals surface area contributed by atoms with E-state index in [1.54, 1.807) is 31.2 Å². The van der Waals surface area contributed by atoms with E-state index in [4.69, 9.17) is 4.74 Å². The number of carbonyl (C=O) groups excluding carboxylic acids is 1. The molecule has 128 valence electrons. The highest BCUT2D eigenvalue weighted by atomic mass is 16.5. The number of nitrogens with one attached hydrogen (secondary N) is 1.